The highest BCUT2D eigenvalue weighted by molar-refractivity contribution is 5.79. The van der Waals surface area contributed by atoms with Crippen molar-refractivity contribution in [2.45, 2.75) is 82.8 Å². The van der Waals surface area contributed by atoms with Crippen molar-refractivity contribution in [1.29, 1.82) is 0 Å². The molecule has 3 rings (SSSR count). The zero-order valence-electron chi connectivity index (χ0n) is 16.8. The van der Waals surface area contributed by atoms with Crippen LogP contribution in [0.1, 0.15) is 76.8 Å². The van der Waals surface area contributed by atoms with Gasteiger partial charge in [0.2, 0.25) is 0 Å². The van der Waals surface area contributed by atoms with E-state index in [4.69, 9.17) is 9.47 Å². The average Bonchev–Trinajstić information content (AvgIpc) is 3.39. The van der Waals surface area contributed by atoms with Crippen LogP contribution in [0.2, 0.25) is 0 Å². The number of esters is 1. The second-order valence-electron chi connectivity index (χ2n) is 7.89. The summed E-state index contributed by atoms with van der Waals surface area (Å²) in [6, 6.07) is 5.86. The monoisotopic (exact) mass is 385 g/mol. The number of Topliss-reactive ketones (excluding diaryl/α,β-unsaturated/α-hetero) is 1. The Kier molecular flexibility index (Phi) is 7.37. The molecular weight excluding hydrogens is 354 g/mol. The van der Waals surface area contributed by atoms with Crippen molar-refractivity contribution in [1.82, 2.24) is 4.98 Å². The first-order chi connectivity index (χ1) is 13.6. The van der Waals surface area contributed by atoms with Crippen LogP contribution in [0.25, 0.3) is 6.08 Å². The molecule has 2 unspecified atom stereocenters. The molecule has 1 aromatic heterocycles. The highest BCUT2D eigenvalue weighted by Crippen LogP contribution is 2.48. The first-order valence-corrected chi connectivity index (χ1v) is 10.5. The summed E-state index contributed by atoms with van der Waals surface area (Å²) in [5.74, 6) is 0.0401. The maximum Gasteiger partial charge on any atom is 0.305 e. The van der Waals surface area contributed by atoms with Gasteiger partial charge < -0.3 is 9.47 Å². The number of pyridine rings is 1. The van der Waals surface area contributed by atoms with Crippen LogP contribution in [-0.2, 0) is 19.1 Å². The summed E-state index contributed by atoms with van der Waals surface area (Å²) in [4.78, 5) is 28.2. The van der Waals surface area contributed by atoms with Crippen molar-refractivity contribution >= 4 is 17.8 Å². The molecule has 0 N–H and O–H groups in total. The number of hydrogen-bond acceptors (Lipinski definition) is 5. The predicted molar refractivity (Wildman–Crippen MR) is 108 cm³/mol. The van der Waals surface area contributed by atoms with Gasteiger partial charge in [-0.15, -0.1) is 0 Å². The molecule has 5 heteroatoms. The molecule has 0 aliphatic carbocycles. The molecule has 28 heavy (non-hydrogen) atoms. The molecule has 2 aliphatic heterocycles. The first-order valence-electron chi connectivity index (χ1n) is 10.5. The van der Waals surface area contributed by atoms with E-state index in [2.05, 4.69) is 18.0 Å². The predicted octanol–water partition coefficient (Wildman–Crippen LogP) is 4.65. The van der Waals surface area contributed by atoms with Crippen molar-refractivity contribution < 1.29 is 19.1 Å². The number of epoxide rings is 1. The van der Waals surface area contributed by atoms with Crippen LogP contribution in [0.5, 0.6) is 0 Å². The molecular formula is C23H31NO4. The van der Waals surface area contributed by atoms with Crippen LogP contribution in [0.3, 0.4) is 0 Å². The fraction of sp³-hybridized carbons (Fsp3) is 0.609. The second-order valence-corrected chi connectivity index (χ2v) is 7.89. The molecule has 1 aromatic rings. The molecule has 152 valence electrons. The lowest BCUT2D eigenvalue weighted by Gasteiger charge is -2.15. The van der Waals surface area contributed by atoms with E-state index in [0.717, 1.165) is 43.4 Å². The summed E-state index contributed by atoms with van der Waals surface area (Å²) < 4.78 is 11.6. The third-order valence-electron chi connectivity index (χ3n) is 5.78. The van der Waals surface area contributed by atoms with E-state index in [0.29, 0.717) is 38.7 Å². The third-order valence-corrected chi connectivity index (χ3v) is 5.78. The van der Waals surface area contributed by atoms with E-state index in [1.165, 1.54) is 0 Å². The molecule has 0 saturated carbocycles. The number of fused-ring (bicyclic) bond motifs is 1. The summed E-state index contributed by atoms with van der Waals surface area (Å²) in [6.45, 7) is 2.43. The minimum atomic E-state index is -0.342. The minimum absolute atomic E-state index is 0.167. The topological polar surface area (TPSA) is 68.8 Å². The summed E-state index contributed by atoms with van der Waals surface area (Å²) in [5, 5.41) is 0. The Morgan fingerprint density at radius 2 is 1.93 bits per heavy atom. The molecule has 0 aromatic carbocycles. The van der Waals surface area contributed by atoms with Gasteiger partial charge in [-0.2, -0.15) is 0 Å². The maximum absolute atomic E-state index is 12.0. The number of ether oxygens (including phenoxy) is 2. The number of rotatable bonds is 2. The van der Waals surface area contributed by atoms with Crippen molar-refractivity contribution in [3.05, 3.63) is 35.7 Å². The van der Waals surface area contributed by atoms with Gasteiger partial charge in [0.1, 0.15) is 11.4 Å². The van der Waals surface area contributed by atoms with E-state index in [9.17, 15) is 9.59 Å². The highest BCUT2D eigenvalue weighted by Gasteiger charge is 2.56. The molecule has 0 amide bonds. The SMILES string of the molecule is CC(=Cc1ccccn1)C12CCOC(=O)CCCC(=O)CCCCCCC1O2. The van der Waals surface area contributed by atoms with E-state index < -0.39 is 0 Å². The Bertz CT molecular complexity index is 700. The number of ketones is 1. The molecule has 2 saturated heterocycles. The molecule has 3 heterocycles. The van der Waals surface area contributed by atoms with E-state index in [1.807, 2.05) is 18.2 Å². The Morgan fingerprint density at radius 1 is 1.11 bits per heavy atom. The molecule has 2 fully saturated rings. The smallest absolute Gasteiger partial charge is 0.305 e. The summed E-state index contributed by atoms with van der Waals surface area (Å²) >= 11 is 0. The van der Waals surface area contributed by atoms with Crippen LogP contribution >= 0.6 is 0 Å². The van der Waals surface area contributed by atoms with E-state index in [1.54, 1.807) is 6.20 Å². The summed E-state index contributed by atoms with van der Waals surface area (Å²) in [5.41, 5.74) is 1.71. The van der Waals surface area contributed by atoms with Gasteiger partial charge in [-0.25, -0.2) is 0 Å². The fourth-order valence-corrected chi connectivity index (χ4v) is 4.03. The Balaban J connectivity index is 1.65. The lowest BCUT2D eigenvalue weighted by molar-refractivity contribution is -0.144. The van der Waals surface area contributed by atoms with Crippen molar-refractivity contribution in [3.63, 3.8) is 0 Å². The van der Waals surface area contributed by atoms with Crippen LogP contribution in [0.4, 0.5) is 0 Å². The van der Waals surface area contributed by atoms with Gasteiger partial charge in [0.25, 0.3) is 0 Å². The van der Waals surface area contributed by atoms with Gasteiger partial charge in [-0.1, -0.05) is 25.3 Å². The molecule has 5 nitrogen and oxygen atoms in total. The third kappa shape index (κ3) is 5.74. The largest absolute Gasteiger partial charge is 0.466 e. The van der Waals surface area contributed by atoms with Crippen LogP contribution in [0, 0.1) is 0 Å². The standard InChI is InChI=1S/C23H31NO4/c1-18(17-19-9-6-7-15-24-19)23-14-16-27-22(26)13-8-11-20(25)10-4-2-3-5-12-21(23)28-23/h6-7,9,15,17,21H,2-5,8,10-14,16H2,1H3. The Hall–Kier alpha value is -2.01. The van der Waals surface area contributed by atoms with E-state index in [-0.39, 0.29) is 23.5 Å². The van der Waals surface area contributed by atoms with Gasteiger partial charge in [0.15, 0.2) is 0 Å². The minimum Gasteiger partial charge on any atom is -0.466 e. The van der Waals surface area contributed by atoms with Gasteiger partial charge >= 0.3 is 5.97 Å². The van der Waals surface area contributed by atoms with Gasteiger partial charge in [-0.05, 0) is 50.0 Å². The highest BCUT2D eigenvalue weighted by atomic mass is 16.6. The zero-order chi connectivity index (χ0) is 19.8. The molecule has 2 aliphatic rings. The maximum atomic E-state index is 12.0. The summed E-state index contributed by atoms with van der Waals surface area (Å²) in [6.07, 6.45) is 11.9. The van der Waals surface area contributed by atoms with Crippen molar-refractivity contribution in [2.75, 3.05) is 6.61 Å². The molecule has 2 atom stereocenters. The van der Waals surface area contributed by atoms with Crippen LogP contribution in [0.15, 0.2) is 30.0 Å². The molecule has 0 bridgehead atoms. The normalized spacial score (nSPS) is 28.3. The fourth-order valence-electron chi connectivity index (χ4n) is 4.03. The quantitative estimate of drug-likeness (QED) is 0.547. The molecule has 0 radical (unpaired) electrons. The van der Waals surface area contributed by atoms with Crippen LogP contribution < -0.4 is 0 Å². The number of nitrogens with zero attached hydrogens (tertiary/aromatic N) is 1. The number of aromatic nitrogens is 1. The zero-order valence-corrected chi connectivity index (χ0v) is 16.8. The Morgan fingerprint density at radius 3 is 2.75 bits per heavy atom. The average molecular weight is 386 g/mol. The van der Waals surface area contributed by atoms with Crippen molar-refractivity contribution in [3.8, 4) is 0 Å². The number of hydrogen-bond donors (Lipinski definition) is 0. The lowest BCUT2D eigenvalue weighted by Crippen LogP contribution is -2.21. The van der Waals surface area contributed by atoms with Crippen LogP contribution in [-0.4, -0.2) is 35.0 Å². The molecule has 0 spiro atoms. The van der Waals surface area contributed by atoms with E-state index >= 15 is 0 Å². The number of carbonyl (C=O) groups excluding carboxylic acids is 2. The number of cyclic esters (lactones) is 1. The first kappa shape index (κ1) is 20.7. The van der Waals surface area contributed by atoms with Gasteiger partial charge in [-0.3, -0.25) is 14.6 Å². The van der Waals surface area contributed by atoms with Gasteiger partial charge in [0, 0.05) is 31.9 Å². The second kappa shape index (κ2) is 9.97. The van der Waals surface area contributed by atoms with Crippen molar-refractivity contribution in [2.24, 2.45) is 0 Å². The summed E-state index contributed by atoms with van der Waals surface area (Å²) in [7, 11) is 0. The Labute approximate surface area is 167 Å². The lowest BCUT2D eigenvalue weighted by atomic mass is 9.89. The van der Waals surface area contributed by atoms with Gasteiger partial charge in [0.05, 0.1) is 18.4 Å². The number of carbonyl (C=O) groups is 2.